The SMILES string of the molecule is CC(=O)O[C@H]1OC[C@@H](N2C(=O)C(N3C(=O)c4ccccc4C3=O)C2/C=C/c2ccccc2)[C@H](OC(C)=O)[C@H]1OC(C)=O. The number of rotatable bonds is 7. The molecule has 2 saturated heterocycles. The number of hydrogen-bond donors (Lipinski definition) is 0. The predicted molar refractivity (Wildman–Crippen MR) is 143 cm³/mol. The topological polar surface area (TPSA) is 146 Å². The van der Waals surface area contributed by atoms with Gasteiger partial charge in [0.05, 0.1) is 29.8 Å². The van der Waals surface area contributed by atoms with Gasteiger partial charge in [-0.3, -0.25) is 33.7 Å². The highest BCUT2D eigenvalue weighted by atomic mass is 16.7. The van der Waals surface area contributed by atoms with Crippen molar-refractivity contribution in [2.24, 2.45) is 0 Å². The van der Waals surface area contributed by atoms with Crippen LogP contribution in [-0.4, -0.2) is 88.7 Å². The zero-order valence-corrected chi connectivity index (χ0v) is 23.0. The Balaban J connectivity index is 1.53. The number of esters is 3. The fourth-order valence-electron chi connectivity index (χ4n) is 5.51. The van der Waals surface area contributed by atoms with Crippen LogP contribution in [0.15, 0.2) is 60.7 Å². The third kappa shape index (κ3) is 5.28. The largest absolute Gasteiger partial charge is 0.456 e. The highest BCUT2D eigenvalue weighted by Gasteiger charge is 2.61. The molecule has 3 aliphatic rings. The van der Waals surface area contributed by atoms with Gasteiger partial charge in [0, 0.05) is 20.8 Å². The second-order valence-electron chi connectivity index (χ2n) is 10.0. The van der Waals surface area contributed by atoms with Crippen LogP contribution in [0, 0.1) is 0 Å². The van der Waals surface area contributed by atoms with E-state index in [-0.39, 0.29) is 17.7 Å². The Kier molecular flexibility index (Phi) is 7.90. The van der Waals surface area contributed by atoms with Crippen molar-refractivity contribution in [1.82, 2.24) is 9.80 Å². The summed E-state index contributed by atoms with van der Waals surface area (Å²) in [5, 5.41) is 0. The predicted octanol–water partition coefficient (Wildman–Crippen LogP) is 1.73. The van der Waals surface area contributed by atoms with Crippen molar-refractivity contribution < 1.29 is 47.7 Å². The molecule has 2 fully saturated rings. The highest BCUT2D eigenvalue weighted by Crippen LogP contribution is 2.38. The number of likely N-dealkylation sites (tertiary alicyclic amines) is 1. The van der Waals surface area contributed by atoms with E-state index in [1.165, 1.54) is 17.0 Å². The summed E-state index contributed by atoms with van der Waals surface area (Å²) in [4.78, 5) is 78.7. The monoisotopic (exact) mass is 576 g/mol. The Labute approximate surface area is 240 Å². The molecule has 0 spiro atoms. The first-order valence-electron chi connectivity index (χ1n) is 13.2. The maximum atomic E-state index is 13.9. The molecule has 5 rings (SSSR count). The molecule has 42 heavy (non-hydrogen) atoms. The van der Waals surface area contributed by atoms with Crippen molar-refractivity contribution in [3.8, 4) is 0 Å². The lowest BCUT2D eigenvalue weighted by Gasteiger charge is -2.55. The number of amides is 3. The molecule has 12 nitrogen and oxygen atoms in total. The Hall–Kier alpha value is -4.84. The van der Waals surface area contributed by atoms with Crippen molar-refractivity contribution in [3.63, 3.8) is 0 Å². The molecular formula is C30H28N2O10. The van der Waals surface area contributed by atoms with Crippen LogP contribution in [0.2, 0.25) is 0 Å². The van der Waals surface area contributed by atoms with E-state index in [1.807, 2.05) is 30.3 Å². The van der Waals surface area contributed by atoms with Gasteiger partial charge >= 0.3 is 17.9 Å². The molecule has 218 valence electrons. The molecular weight excluding hydrogens is 548 g/mol. The van der Waals surface area contributed by atoms with Crippen molar-refractivity contribution in [1.29, 1.82) is 0 Å². The molecule has 2 aromatic carbocycles. The van der Waals surface area contributed by atoms with Crippen LogP contribution in [0.5, 0.6) is 0 Å². The number of benzene rings is 2. The normalized spacial score (nSPS) is 27.0. The maximum Gasteiger partial charge on any atom is 0.305 e. The van der Waals surface area contributed by atoms with Gasteiger partial charge < -0.3 is 23.8 Å². The van der Waals surface area contributed by atoms with Crippen LogP contribution in [0.25, 0.3) is 6.08 Å². The zero-order chi connectivity index (χ0) is 30.1. The zero-order valence-electron chi connectivity index (χ0n) is 23.0. The van der Waals surface area contributed by atoms with Crippen molar-refractivity contribution in [3.05, 3.63) is 77.4 Å². The van der Waals surface area contributed by atoms with Gasteiger partial charge in [-0.05, 0) is 17.7 Å². The number of carbonyl (C=O) groups excluding carboxylic acids is 6. The number of imide groups is 1. The number of β-lactam (4-membered cyclic amide) rings is 1. The van der Waals surface area contributed by atoms with Crippen molar-refractivity contribution >= 4 is 41.7 Å². The number of ether oxygens (including phenoxy) is 4. The molecule has 0 aliphatic carbocycles. The van der Waals surface area contributed by atoms with Gasteiger partial charge in [0.2, 0.25) is 18.3 Å². The summed E-state index contributed by atoms with van der Waals surface area (Å²) >= 11 is 0. The van der Waals surface area contributed by atoms with Crippen LogP contribution in [0.1, 0.15) is 47.1 Å². The minimum atomic E-state index is -1.41. The minimum Gasteiger partial charge on any atom is -0.456 e. The second-order valence-corrected chi connectivity index (χ2v) is 10.0. The summed E-state index contributed by atoms with van der Waals surface area (Å²) in [5.41, 5.74) is 1.18. The first-order valence-corrected chi connectivity index (χ1v) is 13.2. The Bertz CT molecular complexity index is 1440. The van der Waals surface area contributed by atoms with Gasteiger partial charge in [0.15, 0.2) is 6.10 Å². The molecule has 3 aliphatic heterocycles. The molecule has 0 radical (unpaired) electrons. The summed E-state index contributed by atoms with van der Waals surface area (Å²) in [5.74, 6) is -4.05. The summed E-state index contributed by atoms with van der Waals surface area (Å²) in [6.45, 7) is 3.13. The smallest absolute Gasteiger partial charge is 0.305 e. The van der Waals surface area contributed by atoms with Crippen LogP contribution < -0.4 is 0 Å². The third-order valence-electron chi connectivity index (χ3n) is 7.19. The summed E-state index contributed by atoms with van der Waals surface area (Å²) in [7, 11) is 0. The van der Waals surface area contributed by atoms with E-state index in [2.05, 4.69) is 0 Å². The number of nitrogens with zero attached hydrogens (tertiary/aromatic N) is 2. The first-order chi connectivity index (χ1) is 20.1. The van der Waals surface area contributed by atoms with Crippen LogP contribution in [0.3, 0.4) is 0 Å². The quantitative estimate of drug-likeness (QED) is 0.207. The molecule has 6 atom stereocenters. The molecule has 3 heterocycles. The lowest BCUT2D eigenvalue weighted by Crippen LogP contribution is -2.77. The molecule has 12 heteroatoms. The fourth-order valence-corrected chi connectivity index (χ4v) is 5.51. The lowest BCUT2D eigenvalue weighted by atomic mass is 9.86. The van der Waals surface area contributed by atoms with E-state index in [0.717, 1.165) is 31.2 Å². The van der Waals surface area contributed by atoms with Gasteiger partial charge in [-0.25, -0.2) is 0 Å². The third-order valence-corrected chi connectivity index (χ3v) is 7.19. The van der Waals surface area contributed by atoms with Gasteiger partial charge in [0.25, 0.3) is 11.8 Å². The van der Waals surface area contributed by atoms with Crippen LogP contribution >= 0.6 is 0 Å². The van der Waals surface area contributed by atoms with E-state index in [0.29, 0.717) is 0 Å². The molecule has 0 saturated carbocycles. The summed E-state index contributed by atoms with van der Waals surface area (Å²) in [6, 6.07) is 12.4. The Morgan fingerprint density at radius 2 is 1.33 bits per heavy atom. The Morgan fingerprint density at radius 3 is 1.90 bits per heavy atom. The van der Waals surface area contributed by atoms with Gasteiger partial charge in [-0.1, -0.05) is 54.6 Å². The molecule has 0 N–H and O–H groups in total. The van der Waals surface area contributed by atoms with E-state index < -0.39 is 72.3 Å². The highest BCUT2D eigenvalue weighted by molar-refractivity contribution is 6.23. The van der Waals surface area contributed by atoms with Crippen LogP contribution in [-0.2, 0) is 38.1 Å². The van der Waals surface area contributed by atoms with Crippen molar-refractivity contribution in [2.45, 2.75) is 57.4 Å². The van der Waals surface area contributed by atoms with Crippen molar-refractivity contribution in [2.75, 3.05) is 6.61 Å². The molecule has 0 bridgehead atoms. The van der Waals surface area contributed by atoms with Gasteiger partial charge in [-0.2, -0.15) is 0 Å². The second kappa shape index (κ2) is 11.6. The molecule has 0 aromatic heterocycles. The molecule has 3 amide bonds. The maximum absolute atomic E-state index is 13.9. The number of hydrogen-bond acceptors (Lipinski definition) is 10. The minimum absolute atomic E-state index is 0.192. The van der Waals surface area contributed by atoms with E-state index in [9.17, 15) is 28.8 Å². The fraction of sp³-hybridized carbons (Fsp3) is 0.333. The standard InChI is InChI=1S/C30H28N2O10/c1-16(33)40-25-23(15-39-30(42-18(3)35)26(25)41-17(2)34)31-22(14-13-19-9-5-4-6-10-19)24(29(31)38)32-27(36)20-11-7-8-12-21(20)28(32)37/h4-14,22-26,30H,15H2,1-3H3/b14-13+/t22?,23-,24?,25+,26-,30-/m1/s1. The molecule has 2 unspecified atom stereocenters. The van der Waals surface area contributed by atoms with Gasteiger partial charge in [-0.15, -0.1) is 0 Å². The average molecular weight is 577 g/mol. The van der Waals surface area contributed by atoms with E-state index in [4.69, 9.17) is 18.9 Å². The number of carbonyl (C=O) groups is 6. The summed E-state index contributed by atoms with van der Waals surface area (Å²) < 4.78 is 21.8. The number of fused-ring (bicyclic) bond motifs is 1. The van der Waals surface area contributed by atoms with Gasteiger partial charge in [0.1, 0.15) is 6.04 Å². The molecule has 2 aromatic rings. The van der Waals surface area contributed by atoms with E-state index >= 15 is 0 Å². The lowest BCUT2D eigenvalue weighted by molar-refractivity contribution is -0.267. The van der Waals surface area contributed by atoms with E-state index in [1.54, 1.807) is 24.3 Å². The van der Waals surface area contributed by atoms with Crippen LogP contribution in [0.4, 0.5) is 0 Å². The Morgan fingerprint density at radius 1 is 0.786 bits per heavy atom. The first kappa shape index (κ1) is 28.7. The average Bonchev–Trinajstić information content (AvgIpc) is 3.19. The summed E-state index contributed by atoms with van der Waals surface area (Å²) in [6.07, 6.45) is -0.698.